The average Bonchev–Trinajstić information content (AvgIpc) is 3.70. The van der Waals surface area contributed by atoms with Crippen LogP contribution in [0.1, 0.15) is 59.8 Å². The van der Waals surface area contributed by atoms with Crippen molar-refractivity contribution in [1.29, 1.82) is 0 Å². The lowest BCUT2D eigenvalue weighted by molar-refractivity contribution is -0.00281. The zero-order valence-corrected chi connectivity index (χ0v) is 31.9. The third-order valence-electron chi connectivity index (χ3n) is 11.4. The Hall–Kier alpha value is -4.07. The van der Waals surface area contributed by atoms with E-state index < -0.39 is 40.6 Å². The lowest BCUT2D eigenvalue weighted by Crippen LogP contribution is -2.63. The summed E-state index contributed by atoms with van der Waals surface area (Å²) in [5.41, 5.74) is -2.11. The maximum atomic E-state index is 17.3. The number of fused-ring (bicyclic) bond motifs is 5. The number of hydrogen-bond donors (Lipinski definition) is 0. The number of halogens is 4. The number of carbonyl (C=O) groups excluding carboxylic acids is 1. The number of methoxy groups -OCH3 is 1. The third-order valence-corrected chi connectivity index (χ3v) is 11.7. The molecule has 0 aliphatic carbocycles. The SMILES string of the molecule is COCOc1cc(-c2c(F)cc3c(N4C[C@H]5CC[C@@](C)(C4)N5C(=O)OC(C)(C)C)nc(OC[C@@]45CCCN4C[C@H](F)C5)nc3c2F)c2c(Cl)cccc2c1. The third kappa shape index (κ3) is 6.45. The van der Waals surface area contributed by atoms with Crippen molar-refractivity contribution in [2.75, 3.05) is 51.6 Å². The Balaban J connectivity index is 1.26. The molecular weight excluding hydrogens is 723 g/mol. The highest BCUT2D eigenvalue weighted by Crippen LogP contribution is 2.46. The van der Waals surface area contributed by atoms with Crippen molar-refractivity contribution in [1.82, 2.24) is 19.8 Å². The summed E-state index contributed by atoms with van der Waals surface area (Å²) in [6.45, 7) is 9.35. The zero-order valence-electron chi connectivity index (χ0n) is 31.2. The van der Waals surface area contributed by atoms with Crippen molar-refractivity contribution in [3.63, 3.8) is 0 Å². The van der Waals surface area contributed by atoms with Gasteiger partial charge in [0.2, 0.25) is 0 Å². The number of nitrogens with zero attached hydrogens (tertiary/aromatic N) is 5. The standard InChI is InChI=1S/C40H45ClF3N5O5/c1-38(2,3)54-37(50)49-25-10-12-39(49,4)20-47(19-25)35-28-16-30(43)32(27-15-26(53-22-51-5)14-23-8-6-9-29(41)31(23)27)33(44)34(28)45-36(46-35)52-21-40-11-7-13-48(40)18-24(42)17-40/h6,8-9,14-16,24-25H,7,10-13,17-22H2,1-5H3/t24-,25-,39+,40+/m1/s1. The molecule has 4 fully saturated rings. The quantitative estimate of drug-likeness (QED) is 0.164. The van der Waals surface area contributed by atoms with E-state index in [-0.39, 0.29) is 53.3 Å². The van der Waals surface area contributed by atoms with E-state index in [0.717, 1.165) is 25.8 Å². The maximum Gasteiger partial charge on any atom is 0.411 e. The number of anilines is 1. The molecule has 0 radical (unpaired) electrons. The molecule has 4 atom stereocenters. The molecule has 10 nitrogen and oxygen atoms in total. The van der Waals surface area contributed by atoms with Gasteiger partial charge in [0.25, 0.3) is 0 Å². The second-order valence-corrected chi connectivity index (χ2v) is 16.8. The Kier molecular flexibility index (Phi) is 9.29. The Labute approximate surface area is 317 Å². The van der Waals surface area contributed by atoms with E-state index in [1.807, 2.05) is 37.5 Å². The van der Waals surface area contributed by atoms with Crippen LogP contribution in [-0.2, 0) is 9.47 Å². The molecule has 4 saturated heterocycles. The molecule has 8 rings (SSSR count). The number of ether oxygens (including phenoxy) is 4. The Morgan fingerprint density at radius 3 is 2.67 bits per heavy atom. The van der Waals surface area contributed by atoms with Crippen molar-refractivity contribution < 1.29 is 36.9 Å². The van der Waals surface area contributed by atoms with Crippen molar-refractivity contribution in [3.8, 4) is 22.9 Å². The fraction of sp³-hybridized carbons (Fsp3) is 0.525. The molecular formula is C40H45ClF3N5O5. The Morgan fingerprint density at radius 1 is 1.09 bits per heavy atom. The summed E-state index contributed by atoms with van der Waals surface area (Å²) >= 11 is 6.69. The van der Waals surface area contributed by atoms with Crippen LogP contribution in [0.2, 0.25) is 5.02 Å². The summed E-state index contributed by atoms with van der Waals surface area (Å²) in [5.74, 6) is -1.14. The Morgan fingerprint density at radius 2 is 1.91 bits per heavy atom. The summed E-state index contributed by atoms with van der Waals surface area (Å²) in [7, 11) is 1.48. The summed E-state index contributed by atoms with van der Waals surface area (Å²) in [6.07, 6.45) is 2.10. The van der Waals surface area contributed by atoms with Gasteiger partial charge in [-0.3, -0.25) is 9.80 Å². The van der Waals surface area contributed by atoms with Crippen LogP contribution < -0.4 is 14.4 Å². The van der Waals surface area contributed by atoms with E-state index in [4.69, 9.17) is 35.5 Å². The maximum absolute atomic E-state index is 17.3. The van der Waals surface area contributed by atoms with Crippen molar-refractivity contribution in [2.45, 2.75) is 88.7 Å². The summed E-state index contributed by atoms with van der Waals surface area (Å²) in [5, 5.41) is 1.52. The average molecular weight is 768 g/mol. The number of hydrogen-bond acceptors (Lipinski definition) is 9. The fourth-order valence-corrected chi connectivity index (χ4v) is 9.47. The van der Waals surface area contributed by atoms with Gasteiger partial charge in [0, 0.05) is 54.5 Å². The first kappa shape index (κ1) is 36.9. The van der Waals surface area contributed by atoms with Crippen LogP contribution in [0.5, 0.6) is 11.8 Å². The predicted molar refractivity (Wildman–Crippen MR) is 200 cm³/mol. The first-order chi connectivity index (χ1) is 25.7. The molecule has 2 bridgehead atoms. The molecule has 0 unspecified atom stereocenters. The normalized spacial score (nSPS) is 25.5. The van der Waals surface area contributed by atoms with Gasteiger partial charge in [0.05, 0.1) is 22.7 Å². The van der Waals surface area contributed by atoms with E-state index in [1.165, 1.54) is 19.2 Å². The lowest BCUT2D eigenvalue weighted by atomic mass is 9.95. The van der Waals surface area contributed by atoms with E-state index in [1.54, 1.807) is 24.3 Å². The molecule has 4 aromatic rings. The molecule has 5 heterocycles. The molecule has 4 aliphatic heterocycles. The number of alkyl halides is 1. The van der Waals surface area contributed by atoms with Gasteiger partial charge in [0.15, 0.2) is 12.6 Å². The summed E-state index contributed by atoms with van der Waals surface area (Å²) in [4.78, 5) is 28.8. The van der Waals surface area contributed by atoms with Gasteiger partial charge >= 0.3 is 12.1 Å². The van der Waals surface area contributed by atoms with Crippen molar-refractivity contribution in [2.24, 2.45) is 0 Å². The number of amides is 1. The largest absolute Gasteiger partial charge is 0.468 e. The predicted octanol–water partition coefficient (Wildman–Crippen LogP) is 8.30. The van der Waals surface area contributed by atoms with E-state index in [2.05, 4.69) is 9.88 Å². The molecule has 1 aromatic heterocycles. The van der Waals surface area contributed by atoms with Crippen LogP contribution in [-0.4, -0.2) is 101 Å². The topological polar surface area (TPSA) is 89.5 Å². The molecule has 0 spiro atoms. The van der Waals surface area contributed by atoms with Crippen molar-refractivity contribution in [3.05, 3.63) is 53.1 Å². The first-order valence-electron chi connectivity index (χ1n) is 18.5. The number of aromatic nitrogens is 2. The second-order valence-electron chi connectivity index (χ2n) is 16.4. The lowest BCUT2D eigenvalue weighted by Gasteiger charge is -2.47. The van der Waals surface area contributed by atoms with E-state index in [9.17, 15) is 9.18 Å². The van der Waals surface area contributed by atoms with Gasteiger partial charge in [0.1, 0.15) is 41.3 Å². The van der Waals surface area contributed by atoms with Crippen LogP contribution >= 0.6 is 11.6 Å². The van der Waals surface area contributed by atoms with Gasteiger partial charge in [-0.05, 0) is 89.6 Å². The Bertz CT molecular complexity index is 2140. The molecule has 1 amide bonds. The molecule has 288 valence electrons. The smallest absolute Gasteiger partial charge is 0.411 e. The minimum atomic E-state index is -0.965. The van der Waals surface area contributed by atoms with Crippen LogP contribution in [0.4, 0.5) is 23.8 Å². The van der Waals surface area contributed by atoms with Crippen LogP contribution in [0.25, 0.3) is 32.8 Å². The van der Waals surface area contributed by atoms with Gasteiger partial charge in [-0.15, -0.1) is 0 Å². The van der Waals surface area contributed by atoms with E-state index in [0.29, 0.717) is 54.0 Å². The molecule has 3 aromatic carbocycles. The molecule has 0 saturated carbocycles. The first-order valence-corrected chi connectivity index (χ1v) is 18.9. The molecule has 54 heavy (non-hydrogen) atoms. The number of carbonyl (C=O) groups is 1. The van der Waals surface area contributed by atoms with Gasteiger partial charge in [-0.25, -0.2) is 18.0 Å². The fourth-order valence-electron chi connectivity index (χ4n) is 9.19. The van der Waals surface area contributed by atoms with Crippen molar-refractivity contribution >= 4 is 45.2 Å². The number of benzene rings is 3. The highest BCUT2D eigenvalue weighted by molar-refractivity contribution is 6.36. The highest BCUT2D eigenvalue weighted by Gasteiger charge is 2.53. The number of rotatable bonds is 8. The minimum absolute atomic E-state index is 0.0747. The molecule has 0 N–H and O–H groups in total. The highest BCUT2D eigenvalue weighted by atomic mass is 35.5. The summed E-state index contributed by atoms with van der Waals surface area (Å²) in [6, 6.07) is 9.41. The zero-order chi connectivity index (χ0) is 38.2. The molecule has 4 aliphatic rings. The van der Waals surface area contributed by atoms with E-state index >= 15 is 8.78 Å². The van der Waals surface area contributed by atoms with Crippen LogP contribution in [0.3, 0.4) is 0 Å². The minimum Gasteiger partial charge on any atom is -0.468 e. The van der Waals surface area contributed by atoms with Gasteiger partial charge in [-0.2, -0.15) is 9.97 Å². The second kappa shape index (κ2) is 13.6. The summed E-state index contributed by atoms with van der Waals surface area (Å²) < 4.78 is 71.6. The molecule has 14 heteroatoms. The van der Waals surface area contributed by atoms with Crippen LogP contribution in [0, 0.1) is 11.6 Å². The van der Waals surface area contributed by atoms with Gasteiger partial charge < -0.3 is 23.8 Å². The van der Waals surface area contributed by atoms with Crippen LogP contribution in [0.15, 0.2) is 36.4 Å². The monoisotopic (exact) mass is 767 g/mol. The number of piperazine rings is 1. The van der Waals surface area contributed by atoms with Gasteiger partial charge in [-0.1, -0.05) is 23.7 Å².